The Labute approximate surface area is 221 Å². The molecule has 0 bridgehead atoms. The lowest BCUT2D eigenvalue weighted by Gasteiger charge is -2.65. The molecule has 0 aromatic heterocycles. The Morgan fingerprint density at radius 3 is 2.26 bits per heavy atom. The van der Waals surface area contributed by atoms with Crippen LogP contribution in [-0.4, -0.2) is 87.4 Å². The second kappa shape index (κ2) is 8.84. The summed E-state index contributed by atoms with van der Waals surface area (Å²) in [5.41, 5.74) is -8.51. The predicted molar refractivity (Wildman–Crippen MR) is 129 cm³/mol. The van der Waals surface area contributed by atoms with Gasteiger partial charge in [-0.1, -0.05) is 20.8 Å². The van der Waals surface area contributed by atoms with E-state index in [1.54, 1.807) is 0 Å². The standard InChI is InChI=1S/C24H34F2O10S2/c1-12-8-14-18-20(36-38(5,33)34)19(35-37(4,31)32)15-9-13(27)6-7-21(15,2)23(18,26)16(28)10-22(14,3)24(12,30)17(29)11-25/h9,12,14,16,18-20,28,30H,6-8,10-11H2,1-5H3/t12-,14+,16+,18-,19+,20-,21+,22+,23-,24+/m1/s1. The predicted octanol–water partition coefficient (Wildman–Crippen LogP) is 1.01. The van der Waals surface area contributed by atoms with Gasteiger partial charge in [-0.25, -0.2) is 8.78 Å². The van der Waals surface area contributed by atoms with Gasteiger partial charge in [0.1, 0.15) is 17.8 Å². The fourth-order valence-electron chi connectivity index (χ4n) is 8.17. The molecule has 0 heterocycles. The number of fused-ring (bicyclic) bond motifs is 5. The molecule has 14 heteroatoms. The van der Waals surface area contributed by atoms with Gasteiger partial charge in [-0.05, 0) is 42.7 Å². The minimum Gasteiger partial charge on any atom is -0.390 e. The van der Waals surface area contributed by atoms with Crippen LogP contribution in [0.5, 0.6) is 0 Å². The fraction of sp³-hybridized carbons (Fsp3) is 0.833. The molecule has 10 atom stereocenters. The first-order valence-corrected chi connectivity index (χ1v) is 16.0. The van der Waals surface area contributed by atoms with Gasteiger partial charge in [0, 0.05) is 23.2 Å². The number of rotatable bonds is 6. The van der Waals surface area contributed by atoms with E-state index in [0.717, 1.165) is 6.08 Å². The molecule has 216 valence electrons. The highest BCUT2D eigenvalue weighted by Crippen LogP contribution is 2.72. The first-order chi connectivity index (χ1) is 17.2. The molecular weight excluding hydrogens is 550 g/mol. The molecule has 0 spiro atoms. The van der Waals surface area contributed by atoms with Crippen LogP contribution < -0.4 is 0 Å². The summed E-state index contributed by atoms with van der Waals surface area (Å²) in [6, 6.07) is 0. The molecule has 0 radical (unpaired) electrons. The van der Waals surface area contributed by atoms with Crippen LogP contribution in [0.3, 0.4) is 0 Å². The third-order valence-corrected chi connectivity index (χ3v) is 10.9. The minimum atomic E-state index is -4.41. The third kappa shape index (κ3) is 3.96. The summed E-state index contributed by atoms with van der Waals surface area (Å²) in [7, 11) is -8.75. The van der Waals surface area contributed by atoms with Crippen LogP contribution in [0.2, 0.25) is 0 Å². The number of ketones is 2. The zero-order valence-corrected chi connectivity index (χ0v) is 23.4. The van der Waals surface area contributed by atoms with E-state index < -0.39 is 103 Å². The molecule has 3 saturated carbocycles. The van der Waals surface area contributed by atoms with Crippen molar-refractivity contribution in [3.63, 3.8) is 0 Å². The van der Waals surface area contributed by atoms with E-state index in [0.29, 0.717) is 12.5 Å². The molecule has 10 nitrogen and oxygen atoms in total. The molecule has 4 aliphatic rings. The van der Waals surface area contributed by atoms with Crippen molar-refractivity contribution in [2.45, 2.75) is 76.0 Å². The molecule has 0 unspecified atom stereocenters. The zero-order valence-electron chi connectivity index (χ0n) is 21.8. The number of hydrogen-bond acceptors (Lipinski definition) is 10. The number of aliphatic hydroxyl groups is 2. The SMILES string of the molecule is C[C@@H]1C[C@H]2[C@@H]3[C@@H](OS(C)(=O)=O)[C@@H](OS(C)(=O)=O)C4=CC(=O)CC[C@]4(C)[C@@]3(F)[C@@H](O)C[C@]2(C)[C@@]1(O)C(=O)CF. The first-order valence-electron chi connectivity index (χ1n) is 12.4. The summed E-state index contributed by atoms with van der Waals surface area (Å²) in [5.74, 6) is -5.23. The number of alkyl halides is 2. The van der Waals surface area contributed by atoms with Crippen molar-refractivity contribution in [2.24, 2.45) is 28.6 Å². The van der Waals surface area contributed by atoms with Gasteiger partial charge in [-0.2, -0.15) is 16.8 Å². The molecule has 4 rings (SSSR count). The van der Waals surface area contributed by atoms with Gasteiger partial charge in [0.15, 0.2) is 23.9 Å². The van der Waals surface area contributed by atoms with E-state index in [-0.39, 0.29) is 24.8 Å². The van der Waals surface area contributed by atoms with E-state index >= 15 is 4.39 Å². The molecule has 0 saturated heterocycles. The average Bonchev–Trinajstić information content (AvgIpc) is 2.97. The molecule has 0 aromatic rings. The van der Waals surface area contributed by atoms with Crippen molar-refractivity contribution in [1.29, 1.82) is 0 Å². The van der Waals surface area contributed by atoms with E-state index in [2.05, 4.69) is 0 Å². The topological polar surface area (TPSA) is 161 Å². The summed E-state index contributed by atoms with van der Waals surface area (Å²) in [4.78, 5) is 25.2. The van der Waals surface area contributed by atoms with Crippen molar-refractivity contribution in [3.05, 3.63) is 11.6 Å². The van der Waals surface area contributed by atoms with Crippen molar-refractivity contribution >= 4 is 31.8 Å². The van der Waals surface area contributed by atoms with E-state index in [9.17, 15) is 41.0 Å². The molecule has 0 amide bonds. The summed E-state index contributed by atoms with van der Waals surface area (Å²) in [5, 5.41) is 23.1. The van der Waals surface area contributed by atoms with Gasteiger partial charge in [0.2, 0.25) is 0 Å². The maximum Gasteiger partial charge on any atom is 0.265 e. The number of aliphatic hydroxyl groups excluding tert-OH is 1. The van der Waals surface area contributed by atoms with Crippen LogP contribution in [0.1, 0.15) is 46.5 Å². The van der Waals surface area contributed by atoms with Crippen molar-refractivity contribution in [3.8, 4) is 0 Å². The highest BCUT2D eigenvalue weighted by Gasteiger charge is 2.79. The van der Waals surface area contributed by atoms with Crippen molar-refractivity contribution < 1.29 is 53.8 Å². The highest BCUT2D eigenvalue weighted by molar-refractivity contribution is 7.86. The van der Waals surface area contributed by atoms with Crippen molar-refractivity contribution in [1.82, 2.24) is 0 Å². The molecule has 0 aliphatic heterocycles. The summed E-state index contributed by atoms with van der Waals surface area (Å²) < 4.78 is 91.7. The van der Waals surface area contributed by atoms with E-state index in [1.807, 2.05) is 0 Å². The van der Waals surface area contributed by atoms with Gasteiger partial charge in [0.05, 0.1) is 18.6 Å². The second-order valence-electron chi connectivity index (χ2n) is 11.9. The van der Waals surface area contributed by atoms with E-state index in [1.165, 1.54) is 20.8 Å². The van der Waals surface area contributed by atoms with Gasteiger partial charge < -0.3 is 10.2 Å². The Morgan fingerprint density at radius 1 is 1.16 bits per heavy atom. The lowest BCUT2D eigenvalue weighted by Crippen LogP contribution is -2.75. The van der Waals surface area contributed by atoms with Crippen LogP contribution in [0.15, 0.2) is 11.6 Å². The second-order valence-corrected chi connectivity index (χ2v) is 15.1. The monoisotopic (exact) mass is 584 g/mol. The maximum atomic E-state index is 17.8. The fourth-order valence-corrected chi connectivity index (χ4v) is 9.39. The third-order valence-electron chi connectivity index (χ3n) is 9.77. The maximum absolute atomic E-state index is 17.8. The Morgan fingerprint density at radius 2 is 1.74 bits per heavy atom. The lowest BCUT2D eigenvalue weighted by molar-refractivity contribution is -0.255. The highest BCUT2D eigenvalue weighted by atomic mass is 32.2. The summed E-state index contributed by atoms with van der Waals surface area (Å²) in [6.07, 6.45) is -4.01. The molecule has 0 aromatic carbocycles. The van der Waals surface area contributed by atoms with Gasteiger partial charge >= 0.3 is 0 Å². The zero-order chi connectivity index (χ0) is 28.9. The molecule has 38 heavy (non-hydrogen) atoms. The Bertz CT molecular complexity index is 1300. The van der Waals surface area contributed by atoms with Crippen LogP contribution in [-0.2, 0) is 38.2 Å². The van der Waals surface area contributed by atoms with Gasteiger partial charge in [0.25, 0.3) is 20.2 Å². The smallest absolute Gasteiger partial charge is 0.265 e. The molecule has 3 fully saturated rings. The van der Waals surface area contributed by atoms with Crippen LogP contribution in [0.4, 0.5) is 8.78 Å². The Kier molecular flexibility index (Phi) is 6.90. The molecule has 4 aliphatic carbocycles. The van der Waals surface area contributed by atoms with Crippen LogP contribution in [0, 0.1) is 28.6 Å². The van der Waals surface area contributed by atoms with Crippen LogP contribution in [0.25, 0.3) is 0 Å². The first kappa shape index (κ1) is 29.7. The Hall–Kier alpha value is -1.32. The van der Waals surface area contributed by atoms with Crippen molar-refractivity contribution in [2.75, 3.05) is 19.2 Å². The summed E-state index contributed by atoms with van der Waals surface area (Å²) >= 11 is 0. The number of hydrogen-bond donors (Lipinski definition) is 2. The largest absolute Gasteiger partial charge is 0.390 e. The van der Waals surface area contributed by atoms with E-state index in [4.69, 9.17) is 8.37 Å². The molecule has 2 N–H and O–H groups in total. The number of Topliss-reactive ketones (excluding diaryl/α,β-unsaturated/α-hetero) is 1. The lowest BCUT2D eigenvalue weighted by atomic mass is 9.42. The number of carbonyl (C=O) groups excluding carboxylic acids is 2. The Balaban J connectivity index is 2.05. The quantitative estimate of drug-likeness (QED) is 0.431. The molecular formula is C24H34F2O10S2. The minimum absolute atomic E-state index is 0.0783. The number of carbonyl (C=O) groups is 2. The van der Waals surface area contributed by atoms with Gasteiger partial charge in [-0.3, -0.25) is 18.0 Å². The normalized spacial score (nSPS) is 47.1. The summed E-state index contributed by atoms with van der Waals surface area (Å²) in [6.45, 7) is 2.80. The average molecular weight is 585 g/mol. The number of halogens is 2. The van der Waals surface area contributed by atoms with Crippen LogP contribution >= 0.6 is 0 Å². The van der Waals surface area contributed by atoms with Gasteiger partial charge in [-0.15, -0.1) is 0 Å².